The number of hydrogen-bond donors (Lipinski definition) is 2. The van der Waals surface area contributed by atoms with Gasteiger partial charge in [-0.15, -0.1) is 0 Å². The predicted molar refractivity (Wildman–Crippen MR) is 107 cm³/mol. The van der Waals surface area contributed by atoms with Gasteiger partial charge in [0.25, 0.3) is 5.91 Å². The van der Waals surface area contributed by atoms with Crippen molar-refractivity contribution in [3.8, 4) is 17.2 Å². The molecular weight excluding hydrogens is 358 g/mol. The van der Waals surface area contributed by atoms with Crippen LogP contribution in [0.5, 0.6) is 17.2 Å². The van der Waals surface area contributed by atoms with Crippen molar-refractivity contribution in [2.45, 2.75) is 0 Å². The average Bonchev–Trinajstić information content (AvgIpc) is 2.74. The lowest BCUT2D eigenvalue weighted by Crippen LogP contribution is -3.15. The minimum Gasteiger partial charge on any atom is -0.495 e. The van der Waals surface area contributed by atoms with E-state index in [0.29, 0.717) is 25.5 Å². The van der Waals surface area contributed by atoms with E-state index in [0.717, 1.165) is 49.1 Å². The molecule has 2 aromatic rings. The van der Waals surface area contributed by atoms with Gasteiger partial charge in [0, 0.05) is 11.8 Å². The number of amides is 1. The van der Waals surface area contributed by atoms with E-state index in [1.807, 2.05) is 36.4 Å². The maximum Gasteiger partial charge on any atom is 0.279 e. The van der Waals surface area contributed by atoms with Crippen molar-refractivity contribution in [1.82, 2.24) is 0 Å². The Hall–Kier alpha value is -2.93. The molecule has 148 valence electrons. The summed E-state index contributed by atoms with van der Waals surface area (Å²) in [6.07, 6.45) is 0. The van der Waals surface area contributed by atoms with Gasteiger partial charge in [-0.2, -0.15) is 0 Å². The highest BCUT2D eigenvalue weighted by atomic mass is 16.6. The summed E-state index contributed by atoms with van der Waals surface area (Å²) in [5.41, 5.74) is 1.85. The second kappa shape index (κ2) is 8.39. The van der Waals surface area contributed by atoms with Crippen LogP contribution in [0.2, 0.25) is 0 Å². The Morgan fingerprint density at radius 2 is 1.86 bits per heavy atom. The highest BCUT2D eigenvalue weighted by Gasteiger charge is 2.24. The number of fused-ring (bicyclic) bond motifs is 1. The number of ether oxygens (including phenoxy) is 3. The van der Waals surface area contributed by atoms with Crippen molar-refractivity contribution in [2.75, 3.05) is 63.3 Å². The molecule has 7 nitrogen and oxygen atoms in total. The first kappa shape index (κ1) is 18.4. The number of nitrogens with zero attached hydrogens (tertiary/aromatic N) is 1. The Balaban J connectivity index is 1.29. The number of para-hydroxylation sites is 2. The third kappa shape index (κ3) is 4.14. The van der Waals surface area contributed by atoms with Gasteiger partial charge < -0.3 is 29.3 Å². The van der Waals surface area contributed by atoms with Crippen molar-refractivity contribution in [2.24, 2.45) is 0 Å². The summed E-state index contributed by atoms with van der Waals surface area (Å²) in [5.74, 6) is 2.31. The number of benzene rings is 2. The smallest absolute Gasteiger partial charge is 0.279 e. The van der Waals surface area contributed by atoms with Crippen LogP contribution >= 0.6 is 0 Å². The maximum atomic E-state index is 12.5. The van der Waals surface area contributed by atoms with E-state index in [9.17, 15) is 4.79 Å². The summed E-state index contributed by atoms with van der Waals surface area (Å²) < 4.78 is 16.5. The molecule has 0 radical (unpaired) electrons. The van der Waals surface area contributed by atoms with Gasteiger partial charge >= 0.3 is 0 Å². The van der Waals surface area contributed by atoms with Crippen LogP contribution < -0.4 is 29.3 Å². The molecule has 1 fully saturated rings. The Morgan fingerprint density at radius 3 is 2.64 bits per heavy atom. The minimum atomic E-state index is 0.0115. The molecule has 2 aliphatic heterocycles. The maximum absolute atomic E-state index is 12.5. The first-order chi connectivity index (χ1) is 13.7. The number of piperazine rings is 1. The molecule has 0 aliphatic carbocycles. The van der Waals surface area contributed by atoms with Crippen LogP contribution in [0.25, 0.3) is 0 Å². The number of rotatable bonds is 5. The number of carbonyl (C=O) groups is 1. The molecule has 0 atom stereocenters. The third-order valence-corrected chi connectivity index (χ3v) is 5.13. The second-order valence-electron chi connectivity index (χ2n) is 6.99. The molecule has 2 aromatic carbocycles. The number of nitrogens with one attached hydrogen (secondary N) is 2. The lowest BCUT2D eigenvalue weighted by molar-refractivity contribution is -0.892. The normalized spacial score (nSPS) is 16.5. The number of hydrogen-bond acceptors (Lipinski definition) is 5. The molecule has 2 N–H and O–H groups in total. The van der Waals surface area contributed by atoms with Gasteiger partial charge in [-0.05, 0) is 24.3 Å². The molecule has 0 spiro atoms. The topological polar surface area (TPSA) is 64.5 Å². The van der Waals surface area contributed by atoms with Crippen LogP contribution in [0.3, 0.4) is 0 Å². The Labute approximate surface area is 164 Å². The first-order valence-electron chi connectivity index (χ1n) is 9.64. The molecule has 1 saturated heterocycles. The van der Waals surface area contributed by atoms with Crippen LogP contribution in [-0.4, -0.2) is 59.0 Å². The summed E-state index contributed by atoms with van der Waals surface area (Å²) in [5, 5.41) is 2.97. The molecular formula is C21H26N3O4+. The van der Waals surface area contributed by atoms with Gasteiger partial charge in [0.15, 0.2) is 18.0 Å². The fourth-order valence-electron chi connectivity index (χ4n) is 3.69. The molecule has 2 heterocycles. The molecule has 0 saturated carbocycles. The van der Waals surface area contributed by atoms with Crippen LogP contribution in [0.1, 0.15) is 0 Å². The van der Waals surface area contributed by atoms with Crippen LogP contribution in [0, 0.1) is 0 Å². The van der Waals surface area contributed by atoms with Crippen molar-refractivity contribution in [3.05, 3.63) is 42.5 Å². The lowest BCUT2D eigenvalue weighted by atomic mass is 10.2. The van der Waals surface area contributed by atoms with Gasteiger partial charge in [-0.3, -0.25) is 4.79 Å². The molecule has 0 bridgehead atoms. The van der Waals surface area contributed by atoms with E-state index in [1.165, 1.54) is 4.90 Å². The van der Waals surface area contributed by atoms with Crippen molar-refractivity contribution >= 4 is 17.3 Å². The van der Waals surface area contributed by atoms with Gasteiger partial charge in [-0.25, -0.2) is 0 Å². The summed E-state index contributed by atoms with van der Waals surface area (Å²) in [6, 6.07) is 13.6. The number of carbonyl (C=O) groups excluding carboxylic acids is 1. The zero-order valence-corrected chi connectivity index (χ0v) is 16.1. The number of quaternary nitrogens is 1. The zero-order chi connectivity index (χ0) is 19.3. The first-order valence-corrected chi connectivity index (χ1v) is 9.64. The molecule has 7 heteroatoms. The predicted octanol–water partition coefficient (Wildman–Crippen LogP) is 0.810. The monoisotopic (exact) mass is 384 g/mol. The molecule has 2 aliphatic rings. The average molecular weight is 384 g/mol. The van der Waals surface area contributed by atoms with Crippen molar-refractivity contribution < 1.29 is 23.9 Å². The molecule has 0 unspecified atom stereocenters. The summed E-state index contributed by atoms with van der Waals surface area (Å²) in [4.78, 5) is 16.1. The Morgan fingerprint density at radius 1 is 1.11 bits per heavy atom. The van der Waals surface area contributed by atoms with E-state index < -0.39 is 0 Å². The standard InChI is InChI=1S/C21H25N3O4/c1-26-18-5-3-2-4-17(18)24-10-8-23(9-11-24)15-21(25)22-16-6-7-19-20(14-16)28-13-12-27-19/h2-7,14H,8-13,15H2,1H3,(H,22,25)/p+1. The van der Waals surface area contributed by atoms with Gasteiger partial charge in [0.2, 0.25) is 0 Å². The Kier molecular flexibility index (Phi) is 5.53. The van der Waals surface area contributed by atoms with Gasteiger partial charge in [0.05, 0.1) is 39.0 Å². The summed E-state index contributed by atoms with van der Waals surface area (Å²) >= 11 is 0. The molecule has 28 heavy (non-hydrogen) atoms. The van der Waals surface area contributed by atoms with E-state index in [-0.39, 0.29) is 5.91 Å². The van der Waals surface area contributed by atoms with E-state index in [1.54, 1.807) is 7.11 Å². The molecule has 1 amide bonds. The van der Waals surface area contributed by atoms with Gasteiger partial charge in [0.1, 0.15) is 19.0 Å². The zero-order valence-electron chi connectivity index (χ0n) is 16.1. The van der Waals surface area contributed by atoms with Crippen LogP contribution in [0.15, 0.2) is 42.5 Å². The van der Waals surface area contributed by atoms with E-state index in [2.05, 4.69) is 16.3 Å². The van der Waals surface area contributed by atoms with Crippen LogP contribution in [0.4, 0.5) is 11.4 Å². The quantitative estimate of drug-likeness (QED) is 0.799. The molecule has 0 aromatic heterocycles. The summed E-state index contributed by atoms with van der Waals surface area (Å²) in [7, 11) is 1.70. The van der Waals surface area contributed by atoms with Crippen molar-refractivity contribution in [1.29, 1.82) is 0 Å². The fourth-order valence-corrected chi connectivity index (χ4v) is 3.69. The lowest BCUT2D eigenvalue weighted by Gasteiger charge is -2.34. The number of methoxy groups -OCH3 is 1. The van der Waals surface area contributed by atoms with E-state index in [4.69, 9.17) is 14.2 Å². The Bertz CT molecular complexity index is 834. The second-order valence-corrected chi connectivity index (χ2v) is 6.99. The molecule has 4 rings (SSSR count). The fraction of sp³-hybridized carbons (Fsp3) is 0.381. The van der Waals surface area contributed by atoms with Gasteiger partial charge in [-0.1, -0.05) is 12.1 Å². The van der Waals surface area contributed by atoms with Crippen LogP contribution in [-0.2, 0) is 4.79 Å². The third-order valence-electron chi connectivity index (χ3n) is 5.13. The SMILES string of the molecule is COc1ccccc1N1CC[NH+](CC(=O)Nc2ccc3c(c2)OCCO3)CC1. The number of anilines is 2. The summed E-state index contributed by atoms with van der Waals surface area (Å²) in [6.45, 7) is 5.15. The highest BCUT2D eigenvalue weighted by molar-refractivity contribution is 5.91. The minimum absolute atomic E-state index is 0.0115. The van der Waals surface area contributed by atoms with E-state index >= 15 is 0 Å². The highest BCUT2D eigenvalue weighted by Crippen LogP contribution is 2.32. The van der Waals surface area contributed by atoms with Crippen molar-refractivity contribution in [3.63, 3.8) is 0 Å². The largest absolute Gasteiger partial charge is 0.495 e.